The summed E-state index contributed by atoms with van der Waals surface area (Å²) in [5, 5.41) is 3.19. The van der Waals surface area contributed by atoms with Gasteiger partial charge in [0.2, 0.25) is 0 Å². The normalized spacial score (nSPS) is 16.0. The van der Waals surface area contributed by atoms with Gasteiger partial charge in [0.05, 0.1) is 15.1 Å². The van der Waals surface area contributed by atoms with Crippen LogP contribution in [0.3, 0.4) is 0 Å². The molecule has 1 aliphatic heterocycles. The number of ether oxygens (including phenoxy) is 1. The van der Waals surface area contributed by atoms with Crippen molar-refractivity contribution in [1.29, 1.82) is 0 Å². The van der Waals surface area contributed by atoms with Crippen LogP contribution in [0.25, 0.3) is 6.08 Å². The molecule has 3 aromatic carbocycles. The first-order valence-corrected chi connectivity index (χ1v) is 11.1. The first-order valence-electron chi connectivity index (χ1n) is 9.49. The molecule has 0 saturated carbocycles. The van der Waals surface area contributed by atoms with Crippen molar-refractivity contribution in [2.75, 3.05) is 0 Å². The number of carbonyl (C=O) groups is 1. The Hall–Kier alpha value is -2.90. The van der Waals surface area contributed by atoms with E-state index in [1.165, 1.54) is 29.5 Å². The van der Waals surface area contributed by atoms with Gasteiger partial charge in [-0.2, -0.15) is 0 Å². The van der Waals surface area contributed by atoms with E-state index in [9.17, 15) is 9.18 Å². The molecule has 1 amide bonds. The van der Waals surface area contributed by atoms with Crippen LogP contribution in [0.4, 0.5) is 10.1 Å². The van der Waals surface area contributed by atoms with Crippen molar-refractivity contribution >= 4 is 50.5 Å². The van der Waals surface area contributed by atoms with Crippen LogP contribution in [-0.2, 0) is 11.4 Å². The van der Waals surface area contributed by atoms with E-state index in [-0.39, 0.29) is 11.7 Å². The number of amidine groups is 1. The smallest absolute Gasteiger partial charge is 0.264 e. The minimum atomic E-state index is -0.329. The molecule has 1 fully saturated rings. The molecule has 0 atom stereocenters. The molecule has 31 heavy (non-hydrogen) atoms. The first kappa shape index (κ1) is 21.3. The third-order valence-corrected chi connectivity index (χ3v) is 5.97. The molecule has 0 unspecified atom stereocenters. The van der Waals surface area contributed by atoms with Crippen LogP contribution in [0.5, 0.6) is 5.75 Å². The average Bonchev–Trinajstić information content (AvgIpc) is 3.08. The second kappa shape index (κ2) is 9.49. The fourth-order valence-corrected chi connectivity index (χ4v) is 4.30. The quantitative estimate of drug-likeness (QED) is 0.417. The number of hydrogen-bond acceptors (Lipinski definition) is 4. The number of nitrogens with zero attached hydrogens (tertiary/aromatic N) is 1. The Labute approximate surface area is 192 Å². The fourth-order valence-electron chi connectivity index (χ4n) is 2.95. The number of hydrogen-bond donors (Lipinski definition) is 1. The van der Waals surface area contributed by atoms with Crippen molar-refractivity contribution in [1.82, 2.24) is 5.32 Å². The zero-order chi connectivity index (χ0) is 21.8. The Morgan fingerprint density at radius 1 is 1.13 bits per heavy atom. The molecule has 0 spiro atoms. The van der Waals surface area contributed by atoms with Crippen LogP contribution < -0.4 is 10.1 Å². The van der Waals surface area contributed by atoms with Gasteiger partial charge in [-0.3, -0.25) is 4.79 Å². The van der Waals surface area contributed by atoms with Crippen LogP contribution in [0, 0.1) is 12.7 Å². The number of aryl methyl sites for hydroxylation is 1. The zero-order valence-electron chi connectivity index (χ0n) is 16.6. The summed E-state index contributed by atoms with van der Waals surface area (Å²) in [6.07, 6.45) is 1.79. The molecule has 1 heterocycles. The minimum Gasteiger partial charge on any atom is -0.488 e. The maximum absolute atomic E-state index is 13.0. The van der Waals surface area contributed by atoms with Crippen LogP contribution in [0.15, 0.2) is 81.1 Å². The van der Waals surface area contributed by atoms with E-state index in [1.807, 2.05) is 30.3 Å². The van der Waals surface area contributed by atoms with Crippen molar-refractivity contribution in [2.24, 2.45) is 4.99 Å². The Bertz CT molecular complexity index is 1190. The number of thioether (sulfide) groups is 1. The molecule has 4 nitrogen and oxygen atoms in total. The summed E-state index contributed by atoms with van der Waals surface area (Å²) in [6, 6.07) is 19.6. The minimum absolute atomic E-state index is 0.221. The molecular weight excluding hydrogens is 479 g/mol. The molecule has 1 aliphatic rings. The maximum atomic E-state index is 13.0. The zero-order valence-corrected chi connectivity index (χ0v) is 19.0. The third-order valence-electron chi connectivity index (χ3n) is 4.44. The van der Waals surface area contributed by atoms with E-state index in [0.29, 0.717) is 22.4 Å². The Morgan fingerprint density at radius 2 is 1.94 bits per heavy atom. The fraction of sp³-hybridized carbons (Fsp3) is 0.0833. The molecule has 0 bridgehead atoms. The van der Waals surface area contributed by atoms with Crippen LogP contribution in [0.1, 0.15) is 16.7 Å². The molecule has 0 radical (unpaired) electrons. The molecule has 3 aromatic rings. The molecular formula is C24H18BrFN2O2S. The Kier molecular flexibility index (Phi) is 6.53. The van der Waals surface area contributed by atoms with Crippen LogP contribution in [0.2, 0.25) is 0 Å². The van der Waals surface area contributed by atoms with Crippen molar-refractivity contribution in [3.05, 3.63) is 98.6 Å². The Morgan fingerprint density at radius 3 is 2.68 bits per heavy atom. The summed E-state index contributed by atoms with van der Waals surface area (Å²) in [6.45, 7) is 2.52. The number of halogens is 2. The molecule has 4 rings (SSSR count). The lowest BCUT2D eigenvalue weighted by Gasteiger charge is -2.09. The van der Waals surface area contributed by atoms with Crippen molar-refractivity contribution in [3.63, 3.8) is 0 Å². The topological polar surface area (TPSA) is 50.7 Å². The lowest BCUT2D eigenvalue weighted by Crippen LogP contribution is -2.19. The van der Waals surface area contributed by atoms with Gasteiger partial charge in [0.25, 0.3) is 5.91 Å². The number of carbonyl (C=O) groups excluding carboxylic acids is 1. The summed E-state index contributed by atoms with van der Waals surface area (Å²) in [5.41, 5.74) is 3.72. The Balaban J connectivity index is 1.45. The maximum Gasteiger partial charge on any atom is 0.264 e. The van der Waals surface area contributed by atoms with Gasteiger partial charge in [-0.15, -0.1) is 0 Å². The summed E-state index contributed by atoms with van der Waals surface area (Å²) < 4.78 is 19.8. The van der Waals surface area contributed by atoms with Gasteiger partial charge in [0, 0.05) is 0 Å². The van der Waals surface area contributed by atoms with Crippen molar-refractivity contribution < 1.29 is 13.9 Å². The van der Waals surface area contributed by atoms with E-state index >= 15 is 0 Å². The van der Waals surface area contributed by atoms with E-state index in [0.717, 1.165) is 21.3 Å². The van der Waals surface area contributed by atoms with Gasteiger partial charge in [0.15, 0.2) is 5.17 Å². The molecule has 7 heteroatoms. The molecule has 1 saturated heterocycles. The average molecular weight is 497 g/mol. The highest BCUT2D eigenvalue weighted by Gasteiger charge is 2.23. The lowest BCUT2D eigenvalue weighted by molar-refractivity contribution is -0.115. The standard InChI is InChI=1S/C24H18BrFN2O2S/c1-15-3-2-4-17(11-15)14-30-21-10-5-16(12-20(21)25)13-22-23(29)28-24(31-22)27-19-8-6-18(26)7-9-19/h2-13H,14H2,1H3,(H,27,28,29)/b22-13+. The van der Waals surface area contributed by atoms with Gasteiger partial charge in [-0.25, -0.2) is 9.38 Å². The third kappa shape index (κ3) is 5.62. The highest BCUT2D eigenvalue weighted by Crippen LogP contribution is 2.31. The predicted octanol–water partition coefficient (Wildman–Crippen LogP) is 6.37. The van der Waals surface area contributed by atoms with Gasteiger partial charge >= 0.3 is 0 Å². The number of aliphatic imine (C=N–C) groups is 1. The molecule has 0 aliphatic carbocycles. The summed E-state index contributed by atoms with van der Waals surface area (Å²) in [5.74, 6) is 0.178. The summed E-state index contributed by atoms with van der Waals surface area (Å²) in [4.78, 5) is 17.2. The number of benzene rings is 3. The number of amides is 1. The van der Waals surface area contributed by atoms with E-state index in [1.54, 1.807) is 18.2 Å². The SMILES string of the molecule is Cc1cccc(COc2ccc(/C=C3/SC(=Nc4ccc(F)cc4)NC3=O)cc2Br)c1. The van der Waals surface area contributed by atoms with Gasteiger partial charge in [-0.05, 0) is 88.2 Å². The summed E-state index contributed by atoms with van der Waals surface area (Å²) in [7, 11) is 0. The second-order valence-electron chi connectivity index (χ2n) is 6.93. The molecule has 1 N–H and O–H groups in total. The summed E-state index contributed by atoms with van der Waals surface area (Å²) >= 11 is 4.79. The second-order valence-corrected chi connectivity index (χ2v) is 8.81. The van der Waals surface area contributed by atoms with Gasteiger partial charge in [-0.1, -0.05) is 35.9 Å². The van der Waals surface area contributed by atoms with E-state index in [4.69, 9.17) is 4.74 Å². The number of rotatable bonds is 5. The van der Waals surface area contributed by atoms with Crippen LogP contribution >= 0.6 is 27.7 Å². The molecule has 0 aromatic heterocycles. The van der Waals surface area contributed by atoms with Crippen molar-refractivity contribution in [3.8, 4) is 5.75 Å². The highest BCUT2D eigenvalue weighted by molar-refractivity contribution is 9.10. The lowest BCUT2D eigenvalue weighted by atomic mass is 10.1. The van der Waals surface area contributed by atoms with Crippen LogP contribution in [-0.4, -0.2) is 11.1 Å². The van der Waals surface area contributed by atoms with E-state index < -0.39 is 0 Å². The predicted molar refractivity (Wildman–Crippen MR) is 127 cm³/mol. The number of nitrogens with one attached hydrogen (secondary N) is 1. The first-order chi connectivity index (χ1) is 15.0. The van der Waals surface area contributed by atoms with Crippen molar-refractivity contribution in [2.45, 2.75) is 13.5 Å². The van der Waals surface area contributed by atoms with Gasteiger partial charge in [0.1, 0.15) is 18.2 Å². The largest absolute Gasteiger partial charge is 0.488 e. The van der Waals surface area contributed by atoms with Gasteiger partial charge < -0.3 is 10.1 Å². The monoisotopic (exact) mass is 496 g/mol. The highest BCUT2D eigenvalue weighted by atomic mass is 79.9. The van der Waals surface area contributed by atoms with E-state index in [2.05, 4.69) is 45.3 Å². The molecule has 156 valence electrons.